The highest BCUT2D eigenvalue weighted by molar-refractivity contribution is 5.88. The van der Waals surface area contributed by atoms with Crippen molar-refractivity contribution in [3.05, 3.63) is 35.8 Å². The number of nitrogens with zero attached hydrogens (tertiary/aromatic N) is 7. The van der Waals surface area contributed by atoms with Crippen LogP contribution in [0.25, 0.3) is 27.9 Å². The molecule has 32 heavy (non-hydrogen) atoms. The third-order valence-electron chi connectivity index (χ3n) is 5.57. The van der Waals surface area contributed by atoms with Crippen LogP contribution in [-0.2, 0) is 6.54 Å². The van der Waals surface area contributed by atoms with Crippen molar-refractivity contribution in [3.63, 3.8) is 0 Å². The van der Waals surface area contributed by atoms with Gasteiger partial charge in [0.05, 0.1) is 19.7 Å². The van der Waals surface area contributed by atoms with Gasteiger partial charge in [0.25, 0.3) is 6.43 Å². The van der Waals surface area contributed by atoms with Crippen LogP contribution >= 0.6 is 0 Å². The summed E-state index contributed by atoms with van der Waals surface area (Å²) in [5, 5.41) is 2.91. The second-order valence-corrected chi connectivity index (χ2v) is 7.94. The maximum atomic E-state index is 14.2. The summed E-state index contributed by atoms with van der Waals surface area (Å²) in [4.78, 5) is 19.3. The molecule has 3 N–H and O–H groups in total. The summed E-state index contributed by atoms with van der Waals surface area (Å²) in [6.07, 6.45) is -3.61. The predicted octanol–water partition coefficient (Wildman–Crippen LogP) is 1.78. The number of aryl methyl sites for hydroxylation is 1. The number of aromatic nitrogens is 6. The van der Waals surface area contributed by atoms with E-state index in [1.54, 1.807) is 25.1 Å². The van der Waals surface area contributed by atoms with Crippen LogP contribution in [0.2, 0.25) is 0 Å². The van der Waals surface area contributed by atoms with Gasteiger partial charge in [-0.1, -0.05) is 0 Å². The summed E-state index contributed by atoms with van der Waals surface area (Å²) in [5.74, 6) is 0.518. The van der Waals surface area contributed by atoms with Gasteiger partial charge < -0.3 is 15.2 Å². The average molecular weight is 446 g/mol. The second kappa shape index (κ2) is 7.62. The minimum absolute atomic E-state index is 0.0602. The van der Waals surface area contributed by atoms with Gasteiger partial charge in [-0.3, -0.25) is 9.61 Å². The number of nitrogens with one attached hydrogen (secondary N) is 1. The van der Waals surface area contributed by atoms with Crippen molar-refractivity contribution in [2.24, 2.45) is 4.99 Å². The zero-order valence-electron chi connectivity index (χ0n) is 18.4. The fourth-order valence-electron chi connectivity index (χ4n) is 4.10. The molecule has 0 spiro atoms. The normalized spacial score (nSPS) is 20.8. The van der Waals surface area contributed by atoms with Crippen molar-refractivity contribution < 1.29 is 14.5 Å². The SMILES string of the molecule is [2H]c1cc(-c2ccc3nc(C)n(CC(F)F)c3n2)c2c(N)nc(=N[C@@H]3CN(C)C[C@@H]3F)[nH]n12. The van der Waals surface area contributed by atoms with E-state index in [1.807, 2.05) is 11.9 Å². The van der Waals surface area contributed by atoms with E-state index in [2.05, 4.69) is 25.0 Å². The van der Waals surface area contributed by atoms with E-state index < -0.39 is 25.2 Å². The first-order valence-corrected chi connectivity index (χ1v) is 10.1. The minimum atomic E-state index is -2.55. The Morgan fingerprint density at radius 2 is 2.09 bits per heavy atom. The van der Waals surface area contributed by atoms with Crippen LogP contribution in [0.3, 0.4) is 0 Å². The molecule has 4 aromatic heterocycles. The third-order valence-corrected chi connectivity index (χ3v) is 5.57. The zero-order chi connectivity index (χ0) is 23.4. The number of H-pyrrole nitrogens is 1. The molecule has 0 bridgehead atoms. The van der Waals surface area contributed by atoms with E-state index >= 15 is 0 Å². The molecule has 1 aliphatic rings. The summed E-state index contributed by atoms with van der Waals surface area (Å²) < 4.78 is 51.4. The van der Waals surface area contributed by atoms with Gasteiger partial charge in [0, 0.05) is 24.8 Å². The molecule has 0 radical (unpaired) electrons. The molecule has 5 heterocycles. The molecule has 0 amide bonds. The number of likely N-dealkylation sites (N-methyl/N-ethyl adjacent to an activating group) is 1. The number of imidazole rings is 1. The molecule has 1 fully saturated rings. The van der Waals surface area contributed by atoms with E-state index in [9.17, 15) is 13.2 Å². The van der Waals surface area contributed by atoms with Crippen LogP contribution in [0.1, 0.15) is 7.20 Å². The van der Waals surface area contributed by atoms with Crippen molar-refractivity contribution in [1.82, 2.24) is 34.0 Å². The van der Waals surface area contributed by atoms with Crippen LogP contribution in [0.4, 0.5) is 19.0 Å². The van der Waals surface area contributed by atoms with Gasteiger partial charge in [-0.25, -0.2) is 28.1 Å². The molecule has 0 unspecified atom stereocenters. The monoisotopic (exact) mass is 446 g/mol. The number of hydrogen-bond donors (Lipinski definition) is 2. The van der Waals surface area contributed by atoms with E-state index in [1.165, 1.54) is 9.08 Å². The largest absolute Gasteiger partial charge is 0.382 e. The fourth-order valence-corrected chi connectivity index (χ4v) is 4.10. The number of halogens is 3. The van der Waals surface area contributed by atoms with Crippen molar-refractivity contribution >= 4 is 22.5 Å². The maximum Gasteiger partial charge on any atom is 0.256 e. The standard InChI is InChI=1S/C20H22F3N9/c1-10-25-14-4-3-13(26-19(14)31(10)9-16(22)23)11-5-6-32-17(11)18(24)28-20(29-32)27-15-8-30(2)7-12(15)21/h3-6,12,15-16H,7-9H2,1-2H3,(H3,24,27,28,29)/t12-,15+/m0/s1/i6D. The summed E-state index contributed by atoms with van der Waals surface area (Å²) in [6, 6.07) is 4.34. The smallest absolute Gasteiger partial charge is 0.256 e. The number of alkyl halides is 3. The predicted molar refractivity (Wildman–Crippen MR) is 113 cm³/mol. The quantitative estimate of drug-likeness (QED) is 0.497. The number of nitrogens with two attached hydrogens (primary N) is 1. The van der Waals surface area contributed by atoms with Gasteiger partial charge in [-0.05, 0) is 32.2 Å². The lowest BCUT2D eigenvalue weighted by atomic mass is 10.2. The van der Waals surface area contributed by atoms with Crippen LogP contribution in [0.5, 0.6) is 0 Å². The van der Waals surface area contributed by atoms with Crippen molar-refractivity contribution in [3.8, 4) is 11.3 Å². The van der Waals surface area contributed by atoms with E-state index in [0.29, 0.717) is 46.9 Å². The molecule has 12 heteroatoms. The highest BCUT2D eigenvalue weighted by Gasteiger charge is 2.30. The first kappa shape index (κ1) is 19.3. The molecule has 4 aromatic rings. The Morgan fingerprint density at radius 3 is 2.81 bits per heavy atom. The summed E-state index contributed by atoms with van der Waals surface area (Å²) in [5.41, 5.74) is 8.47. The first-order chi connectivity index (χ1) is 15.7. The summed E-state index contributed by atoms with van der Waals surface area (Å²) in [7, 11) is 1.81. The molecule has 0 aromatic carbocycles. The third kappa shape index (κ3) is 3.49. The lowest BCUT2D eigenvalue weighted by Crippen LogP contribution is -2.26. The summed E-state index contributed by atoms with van der Waals surface area (Å²) >= 11 is 0. The molecular formula is C20H22F3N9. The second-order valence-electron chi connectivity index (χ2n) is 7.94. The van der Waals surface area contributed by atoms with Crippen LogP contribution < -0.4 is 11.4 Å². The Labute approximate surface area is 181 Å². The van der Waals surface area contributed by atoms with E-state index in [4.69, 9.17) is 7.10 Å². The van der Waals surface area contributed by atoms with Gasteiger partial charge in [0.2, 0.25) is 5.62 Å². The lowest BCUT2D eigenvalue weighted by molar-refractivity contribution is 0.127. The van der Waals surface area contributed by atoms with Crippen molar-refractivity contribution in [2.75, 3.05) is 25.9 Å². The molecule has 9 nitrogen and oxygen atoms in total. The molecule has 5 rings (SSSR count). The molecule has 0 aliphatic carbocycles. The van der Waals surface area contributed by atoms with Gasteiger partial charge in [-0.2, -0.15) is 4.98 Å². The number of pyridine rings is 1. The average Bonchev–Trinajstić information content (AvgIpc) is 3.35. The van der Waals surface area contributed by atoms with Gasteiger partial charge >= 0.3 is 0 Å². The number of nitrogen functional groups attached to an aromatic ring is 1. The summed E-state index contributed by atoms with van der Waals surface area (Å²) in [6.45, 7) is 1.87. The maximum absolute atomic E-state index is 14.2. The van der Waals surface area contributed by atoms with Gasteiger partial charge in [0.1, 0.15) is 23.0 Å². The van der Waals surface area contributed by atoms with Crippen LogP contribution in [-0.4, -0.2) is 72.8 Å². The fraction of sp³-hybridized carbons (Fsp3) is 0.400. The molecule has 2 atom stereocenters. The Balaban J connectivity index is 1.63. The molecule has 1 aliphatic heterocycles. The Kier molecular flexibility index (Phi) is 4.59. The number of fused-ring (bicyclic) bond motifs is 2. The van der Waals surface area contributed by atoms with Crippen LogP contribution in [0.15, 0.2) is 29.4 Å². The highest BCUT2D eigenvalue weighted by atomic mass is 19.3. The number of hydrogen-bond acceptors (Lipinski definition) is 6. The Hall–Kier alpha value is -3.41. The van der Waals surface area contributed by atoms with E-state index in [0.717, 1.165) is 0 Å². The topological polar surface area (TPSA) is 105 Å². The minimum Gasteiger partial charge on any atom is -0.382 e. The van der Waals surface area contributed by atoms with Gasteiger partial charge in [-0.15, -0.1) is 0 Å². The van der Waals surface area contributed by atoms with Crippen LogP contribution in [0, 0.1) is 6.92 Å². The number of aromatic amines is 1. The molecule has 0 saturated carbocycles. The van der Waals surface area contributed by atoms with Crippen molar-refractivity contribution in [1.29, 1.82) is 0 Å². The Morgan fingerprint density at radius 1 is 1.28 bits per heavy atom. The molecule has 1 saturated heterocycles. The molecular weight excluding hydrogens is 423 g/mol. The molecule has 168 valence electrons. The van der Waals surface area contributed by atoms with Gasteiger partial charge in [0.15, 0.2) is 11.5 Å². The zero-order valence-corrected chi connectivity index (χ0v) is 17.4. The lowest BCUT2D eigenvalue weighted by Gasteiger charge is -2.08. The highest BCUT2D eigenvalue weighted by Crippen LogP contribution is 2.28. The van der Waals surface area contributed by atoms with E-state index in [-0.39, 0.29) is 17.6 Å². The number of rotatable bonds is 4. The van der Waals surface area contributed by atoms with Crippen molar-refractivity contribution in [2.45, 2.75) is 32.1 Å². The number of likely N-dealkylation sites (tertiary alicyclic amines) is 1. The first-order valence-electron chi connectivity index (χ1n) is 10.6. The Bertz CT molecular complexity index is 1420. The number of anilines is 1.